The quantitative estimate of drug-likeness (QED) is 0.826. The van der Waals surface area contributed by atoms with E-state index in [0.717, 1.165) is 51.3 Å². The van der Waals surface area contributed by atoms with E-state index in [-0.39, 0.29) is 5.91 Å². The highest BCUT2D eigenvalue weighted by atomic mass is 16.5. The number of aryl methyl sites for hydroxylation is 3. The van der Waals surface area contributed by atoms with Crippen molar-refractivity contribution in [3.8, 4) is 0 Å². The van der Waals surface area contributed by atoms with E-state index in [0.29, 0.717) is 5.76 Å². The molecule has 1 saturated heterocycles. The molecule has 0 aliphatic carbocycles. The van der Waals surface area contributed by atoms with Crippen molar-refractivity contribution in [3.63, 3.8) is 0 Å². The van der Waals surface area contributed by atoms with Gasteiger partial charge >= 0.3 is 0 Å². The van der Waals surface area contributed by atoms with Crippen LogP contribution in [0, 0.1) is 6.92 Å². The summed E-state index contributed by atoms with van der Waals surface area (Å²) < 4.78 is 6.90. The van der Waals surface area contributed by atoms with E-state index >= 15 is 0 Å². The number of nitrogens with zero attached hydrogens (tertiary/aromatic N) is 5. The van der Waals surface area contributed by atoms with Gasteiger partial charge in [-0.1, -0.05) is 5.16 Å². The standard InChI is InChI=1S/C16H23N5O2/c1-13-10-15(23-18-13)16(22)21-8-6-20(7-9-21)5-3-4-14-11-17-19(2)12-14/h10-12H,3-9H2,1-2H3. The molecule has 1 aliphatic rings. The molecular weight excluding hydrogens is 294 g/mol. The molecule has 3 heterocycles. The Labute approximate surface area is 135 Å². The van der Waals surface area contributed by atoms with Gasteiger partial charge in [-0.25, -0.2) is 0 Å². The van der Waals surface area contributed by atoms with Crippen LogP contribution in [0.15, 0.2) is 23.0 Å². The molecule has 0 radical (unpaired) electrons. The Morgan fingerprint density at radius 1 is 1.30 bits per heavy atom. The summed E-state index contributed by atoms with van der Waals surface area (Å²) in [5.74, 6) is 0.285. The normalized spacial score (nSPS) is 16.0. The van der Waals surface area contributed by atoms with Gasteiger partial charge in [0.2, 0.25) is 5.76 Å². The van der Waals surface area contributed by atoms with E-state index in [9.17, 15) is 4.79 Å². The third-order valence-electron chi connectivity index (χ3n) is 4.20. The summed E-state index contributed by atoms with van der Waals surface area (Å²) >= 11 is 0. The summed E-state index contributed by atoms with van der Waals surface area (Å²) in [5, 5.41) is 7.97. The Hall–Kier alpha value is -2.15. The molecule has 0 saturated carbocycles. The van der Waals surface area contributed by atoms with Gasteiger partial charge in [-0.3, -0.25) is 14.4 Å². The second-order valence-electron chi connectivity index (χ2n) is 6.09. The second-order valence-corrected chi connectivity index (χ2v) is 6.09. The van der Waals surface area contributed by atoms with Crippen molar-refractivity contribution in [2.24, 2.45) is 7.05 Å². The Kier molecular flexibility index (Phi) is 4.76. The molecule has 7 heteroatoms. The van der Waals surface area contributed by atoms with Crippen molar-refractivity contribution in [1.82, 2.24) is 24.7 Å². The number of hydrogen-bond donors (Lipinski definition) is 0. The van der Waals surface area contributed by atoms with Crippen molar-refractivity contribution in [3.05, 3.63) is 35.5 Å². The Morgan fingerprint density at radius 2 is 2.09 bits per heavy atom. The van der Waals surface area contributed by atoms with E-state index in [1.807, 2.05) is 29.7 Å². The number of carbonyl (C=O) groups excluding carboxylic acids is 1. The average molecular weight is 317 g/mol. The number of hydrogen-bond acceptors (Lipinski definition) is 5. The third-order valence-corrected chi connectivity index (χ3v) is 4.20. The van der Waals surface area contributed by atoms with Crippen molar-refractivity contribution < 1.29 is 9.32 Å². The first-order valence-electron chi connectivity index (χ1n) is 8.04. The Balaban J connectivity index is 1.40. The summed E-state index contributed by atoms with van der Waals surface area (Å²) in [4.78, 5) is 16.5. The molecule has 0 N–H and O–H groups in total. The van der Waals surface area contributed by atoms with E-state index in [4.69, 9.17) is 4.52 Å². The fourth-order valence-corrected chi connectivity index (χ4v) is 2.90. The number of piperazine rings is 1. The van der Waals surface area contributed by atoms with Crippen LogP contribution in [-0.4, -0.2) is 63.4 Å². The number of amides is 1. The Bertz CT molecular complexity index is 655. The molecule has 1 amide bonds. The number of aromatic nitrogens is 3. The van der Waals surface area contributed by atoms with Crippen LogP contribution in [0.25, 0.3) is 0 Å². The van der Waals surface area contributed by atoms with Gasteiger partial charge in [0, 0.05) is 45.5 Å². The lowest BCUT2D eigenvalue weighted by molar-refractivity contribution is 0.0596. The minimum Gasteiger partial charge on any atom is -0.351 e. The minimum atomic E-state index is -0.0550. The average Bonchev–Trinajstić information content (AvgIpc) is 3.16. The van der Waals surface area contributed by atoms with E-state index in [1.165, 1.54) is 5.56 Å². The minimum absolute atomic E-state index is 0.0550. The molecule has 2 aromatic rings. The maximum absolute atomic E-state index is 12.3. The first kappa shape index (κ1) is 15.7. The monoisotopic (exact) mass is 317 g/mol. The maximum Gasteiger partial charge on any atom is 0.292 e. The van der Waals surface area contributed by atoms with Crippen LogP contribution in [0.1, 0.15) is 28.2 Å². The van der Waals surface area contributed by atoms with Gasteiger partial charge in [0.05, 0.1) is 11.9 Å². The van der Waals surface area contributed by atoms with Gasteiger partial charge in [-0.05, 0) is 31.9 Å². The molecule has 1 aliphatic heterocycles. The summed E-state index contributed by atoms with van der Waals surface area (Å²) in [6, 6.07) is 1.70. The molecule has 3 rings (SSSR count). The zero-order chi connectivity index (χ0) is 16.2. The van der Waals surface area contributed by atoms with Crippen molar-refractivity contribution in [2.45, 2.75) is 19.8 Å². The van der Waals surface area contributed by atoms with Gasteiger partial charge in [-0.2, -0.15) is 5.10 Å². The smallest absolute Gasteiger partial charge is 0.292 e. The molecular formula is C16H23N5O2. The molecule has 0 aromatic carbocycles. The molecule has 0 unspecified atom stereocenters. The van der Waals surface area contributed by atoms with Gasteiger partial charge < -0.3 is 9.42 Å². The molecule has 0 bridgehead atoms. The summed E-state index contributed by atoms with van der Waals surface area (Å²) in [5.41, 5.74) is 2.02. The highest BCUT2D eigenvalue weighted by molar-refractivity contribution is 5.91. The molecule has 0 atom stereocenters. The van der Waals surface area contributed by atoms with Gasteiger partial charge in [0.25, 0.3) is 5.91 Å². The largest absolute Gasteiger partial charge is 0.351 e. The Morgan fingerprint density at radius 3 is 2.70 bits per heavy atom. The second kappa shape index (κ2) is 6.95. The van der Waals surface area contributed by atoms with E-state index in [1.54, 1.807) is 6.07 Å². The first-order valence-corrected chi connectivity index (χ1v) is 8.04. The van der Waals surface area contributed by atoms with Gasteiger partial charge in [0.1, 0.15) is 0 Å². The molecule has 124 valence electrons. The van der Waals surface area contributed by atoms with Crippen LogP contribution in [0.2, 0.25) is 0 Å². The lowest BCUT2D eigenvalue weighted by atomic mass is 10.2. The van der Waals surface area contributed by atoms with Crippen LogP contribution >= 0.6 is 0 Å². The summed E-state index contributed by atoms with van der Waals surface area (Å²) in [6.45, 7) is 6.17. The number of rotatable bonds is 5. The van der Waals surface area contributed by atoms with Crippen LogP contribution in [0.5, 0.6) is 0 Å². The molecule has 23 heavy (non-hydrogen) atoms. The molecule has 7 nitrogen and oxygen atoms in total. The van der Waals surface area contributed by atoms with Gasteiger partial charge in [0.15, 0.2) is 0 Å². The zero-order valence-corrected chi connectivity index (χ0v) is 13.7. The summed E-state index contributed by atoms with van der Waals surface area (Å²) in [7, 11) is 1.94. The lowest BCUT2D eigenvalue weighted by Gasteiger charge is -2.34. The molecule has 2 aromatic heterocycles. The fourth-order valence-electron chi connectivity index (χ4n) is 2.90. The third kappa shape index (κ3) is 3.98. The van der Waals surface area contributed by atoms with Crippen LogP contribution in [0.4, 0.5) is 0 Å². The number of carbonyl (C=O) groups is 1. The predicted molar refractivity (Wildman–Crippen MR) is 85.1 cm³/mol. The topological polar surface area (TPSA) is 67.4 Å². The van der Waals surface area contributed by atoms with E-state index < -0.39 is 0 Å². The highest BCUT2D eigenvalue weighted by Crippen LogP contribution is 2.11. The van der Waals surface area contributed by atoms with Gasteiger partial charge in [-0.15, -0.1) is 0 Å². The fraction of sp³-hybridized carbons (Fsp3) is 0.562. The summed E-state index contributed by atoms with van der Waals surface area (Å²) in [6.07, 6.45) is 6.15. The molecule has 0 spiro atoms. The van der Waals surface area contributed by atoms with E-state index in [2.05, 4.69) is 21.4 Å². The SMILES string of the molecule is Cc1cc(C(=O)N2CCN(CCCc3cnn(C)c3)CC2)on1. The molecule has 1 fully saturated rings. The van der Waals surface area contributed by atoms with Crippen molar-refractivity contribution >= 4 is 5.91 Å². The van der Waals surface area contributed by atoms with Crippen LogP contribution in [-0.2, 0) is 13.5 Å². The van der Waals surface area contributed by atoms with Crippen LogP contribution in [0.3, 0.4) is 0 Å². The predicted octanol–water partition coefficient (Wildman–Crippen LogP) is 1.11. The van der Waals surface area contributed by atoms with Crippen molar-refractivity contribution in [2.75, 3.05) is 32.7 Å². The lowest BCUT2D eigenvalue weighted by Crippen LogP contribution is -2.48. The highest BCUT2D eigenvalue weighted by Gasteiger charge is 2.24. The van der Waals surface area contributed by atoms with Crippen molar-refractivity contribution in [1.29, 1.82) is 0 Å². The zero-order valence-electron chi connectivity index (χ0n) is 13.7. The van der Waals surface area contributed by atoms with Crippen LogP contribution < -0.4 is 0 Å². The maximum atomic E-state index is 12.3. The first-order chi connectivity index (χ1) is 11.1.